The SMILES string of the molecule is CN1CCC(NC(=O)[C@@H]2Cc3ccccc3N2C(=O)CCN2CCC3(CCc4ccccc43)CC2)CC1.O=C(O)CC(O)(CC(=O)O)C(=O)O. The zero-order valence-electron chi connectivity index (χ0n) is 28.6. The summed E-state index contributed by atoms with van der Waals surface area (Å²) in [7, 11) is 2.13. The molecular weight excluding hydrogens is 644 g/mol. The molecule has 6 rings (SSSR count). The van der Waals surface area contributed by atoms with Gasteiger partial charge in [0.1, 0.15) is 6.04 Å². The minimum absolute atomic E-state index is 0.00100. The van der Waals surface area contributed by atoms with Crippen LogP contribution in [0.2, 0.25) is 0 Å². The number of rotatable bonds is 10. The number of likely N-dealkylation sites (tertiary alicyclic amines) is 2. The number of amides is 2. The van der Waals surface area contributed by atoms with Gasteiger partial charge in [-0.2, -0.15) is 0 Å². The van der Waals surface area contributed by atoms with Gasteiger partial charge in [0.2, 0.25) is 11.8 Å². The number of nitrogens with one attached hydrogen (secondary N) is 1. The number of aliphatic hydroxyl groups is 1. The van der Waals surface area contributed by atoms with Gasteiger partial charge in [0, 0.05) is 31.1 Å². The first-order valence-corrected chi connectivity index (χ1v) is 17.4. The highest BCUT2D eigenvalue weighted by Gasteiger charge is 2.43. The van der Waals surface area contributed by atoms with Crippen molar-refractivity contribution in [1.29, 1.82) is 0 Å². The molecule has 50 heavy (non-hydrogen) atoms. The van der Waals surface area contributed by atoms with Gasteiger partial charge in [0.25, 0.3) is 0 Å². The van der Waals surface area contributed by atoms with E-state index in [1.54, 1.807) is 10.5 Å². The van der Waals surface area contributed by atoms with Gasteiger partial charge >= 0.3 is 17.9 Å². The van der Waals surface area contributed by atoms with Crippen molar-refractivity contribution in [3.63, 3.8) is 0 Å². The summed E-state index contributed by atoms with van der Waals surface area (Å²) in [6, 6.07) is 16.8. The third-order valence-electron chi connectivity index (χ3n) is 10.8. The van der Waals surface area contributed by atoms with Crippen LogP contribution in [0.15, 0.2) is 48.5 Å². The summed E-state index contributed by atoms with van der Waals surface area (Å²) in [5.74, 6) is -4.95. The minimum Gasteiger partial charge on any atom is -0.481 e. The molecule has 0 aromatic heterocycles. The molecule has 0 unspecified atom stereocenters. The largest absolute Gasteiger partial charge is 0.481 e. The summed E-state index contributed by atoms with van der Waals surface area (Å²) in [6.07, 6.45) is 5.51. The van der Waals surface area contributed by atoms with Crippen LogP contribution in [0.3, 0.4) is 0 Å². The van der Waals surface area contributed by atoms with Crippen LogP contribution >= 0.6 is 0 Å². The van der Waals surface area contributed by atoms with E-state index < -0.39 is 42.4 Å². The standard InChI is InChI=1S/C31H40N4O2.C6H8O7/c1-33-17-11-25(12-18-33)32-30(37)28-22-24-7-3-5-9-27(24)35(28)29(36)13-19-34-20-15-31(16-21-34)14-10-23-6-2-4-8-26(23)31;7-3(8)1-6(13,5(11)12)2-4(9)10/h2-9,25,28H,10-22H2,1H3,(H,32,37);13H,1-2H2,(H,7,8)(H,9,10)(H,11,12)/t28-;/m0./s1. The third kappa shape index (κ3) is 8.51. The number of benzene rings is 2. The monoisotopic (exact) mass is 692 g/mol. The van der Waals surface area contributed by atoms with Crippen LogP contribution in [-0.4, -0.2) is 117 Å². The van der Waals surface area contributed by atoms with Crippen LogP contribution in [0.25, 0.3) is 0 Å². The molecule has 13 heteroatoms. The van der Waals surface area contributed by atoms with Crippen LogP contribution in [0.1, 0.15) is 68.1 Å². The molecule has 0 radical (unpaired) electrons. The number of anilines is 1. The Hall–Kier alpha value is -4.33. The van der Waals surface area contributed by atoms with E-state index in [0.29, 0.717) is 18.3 Å². The van der Waals surface area contributed by atoms with Gasteiger partial charge in [0.05, 0.1) is 12.8 Å². The molecule has 2 amide bonds. The second-order valence-corrected chi connectivity index (χ2v) is 14.2. The van der Waals surface area contributed by atoms with Gasteiger partial charge in [-0.3, -0.25) is 24.1 Å². The number of fused-ring (bicyclic) bond motifs is 3. The molecule has 3 heterocycles. The highest BCUT2D eigenvalue weighted by atomic mass is 16.4. The first-order valence-electron chi connectivity index (χ1n) is 17.4. The lowest BCUT2D eigenvalue weighted by atomic mass is 9.74. The van der Waals surface area contributed by atoms with Crippen molar-refractivity contribution < 1.29 is 44.4 Å². The second-order valence-electron chi connectivity index (χ2n) is 14.2. The number of piperidine rings is 2. The molecular formula is C37H48N4O9. The predicted molar refractivity (Wildman–Crippen MR) is 184 cm³/mol. The van der Waals surface area contributed by atoms with E-state index in [2.05, 4.69) is 52.5 Å². The molecule has 2 fully saturated rings. The van der Waals surface area contributed by atoms with E-state index in [1.165, 1.54) is 31.2 Å². The predicted octanol–water partition coefficient (Wildman–Crippen LogP) is 2.28. The second kappa shape index (κ2) is 15.7. The Kier molecular flexibility index (Phi) is 11.6. The maximum Gasteiger partial charge on any atom is 0.336 e. The lowest BCUT2D eigenvalue weighted by molar-refractivity contribution is -0.170. The highest BCUT2D eigenvalue weighted by molar-refractivity contribution is 6.03. The van der Waals surface area contributed by atoms with Gasteiger partial charge in [-0.05, 0) is 99.9 Å². The maximum absolute atomic E-state index is 13.6. The Morgan fingerprint density at radius 1 is 0.840 bits per heavy atom. The molecule has 0 saturated carbocycles. The van der Waals surface area contributed by atoms with E-state index in [4.69, 9.17) is 20.4 Å². The van der Waals surface area contributed by atoms with Gasteiger partial charge in [-0.15, -0.1) is 0 Å². The number of hydrogen-bond acceptors (Lipinski definition) is 8. The zero-order valence-corrected chi connectivity index (χ0v) is 28.6. The number of carbonyl (C=O) groups is 5. The Morgan fingerprint density at radius 2 is 1.44 bits per heavy atom. The number of carboxylic acid groups (broad SMARTS) is 3. The average molecular weight is 693 g/mol. The van der Waals surface area contributed by atoms with Crippen molar-refractivity contribution in [1.82, 2.24) is 15.1 Å². The Bertz CT molecular complexity index is 1560. The molecule has 13 nitrogen and oxygen atoms in total. The fourth-order valence-electron chi connectivity index (χ4n) is 7.93. The van der Waals surface area contributed by atoms with Crippen LogP contribution in [0.4, 0.5) is 5.69 Å². The molecule has 1 aliphatic carbocycles. The molecule has 1 spiro atoms. The van der Waals surface area contributed by atoms with Crippen LogP contribution in [0.5, 0.6) is 0 Å². The lowest BCUT2D eigenvalue weighted by Gasteiger charge is -2.40. The van der Waals surface area contributed by atoms with Gasteiger partial charge in [-0.25, -0.2) is 4.79 Å². The number of aryl methyl sites for hydroxylation is 1. The van der Waals surface area contributed by atoms with Gasteiger partial charge in [-0.1, -0.05) is 42.5 Å². The Morgan fingerprint density at radius 3 is 2.06 bits per heavy atom. The maximum atomic E-state index is 13.6. The van der Waals surface area contributed by atoms with Crippen LogP contribution < -0.4 is 10.2 Å². The molecule has 270 valence electrons. The summed E-state index contributed by atoms with van der Waals surface area (Å²) in [5.41, 5.74) is 2.70. The van der Waals surface area contributed by atoms with Crippen molar-refractivity contribution in [2.75, 3.05) is 44.7 Å². The summed E-state index contributed by atoms with van der Waals surface area (Å²) in [4.78, 5) is 64.1. The molecule has 2 aromatic carbocycles. The molecule has 2 saturated heterocycles. The third-order valence-corrected chi connectivity index (χ3v) is 10.8. The van der Waals surface area contributed by atoms with Crippen molar-refractivity contribution in [3.8, 4) is 0 Å². The molecule has 4 aliphatic rings. The number of carbonyl (C=O) groups excluding carboxylic acids is 2. The first-order chi connectivity index (χ1) is 23.8. The lowest BCUT2D eigenvalue weighted by Crippen LogP contribution is -2.53. The highest BCUT2D eigenvalue weighted by Crippen LogP contribution is 2.46. The Balaban J connectivity index is 0.000000320. The zero-order chi connectivity index (χ0) is 36.1. The summed E-state index contributed by atoms with van der Waals surface area (Å²) in [6.45, 7) is 4.84. The van der Waals surface area contributed by atoms with Crippen molar-refractivity contribution >= 4 is 35.4 Å². The number of nitrogens with zero attached hydrogens (tertiary/aromatic N) is 3. The quantitative estimate of drug-likeness (QED) is 0.246. The molecule has 5 N–H and O–H groups in total. The molecule has 3 aliphatic heterocycles. The molecule has 1 atom stereocenters. The minimum atomic E-state index is -2.74. The summed E-state index contributed by atoms with van der Waals surface area (Å²) in [5, 5.41) is 37.1. The Labute approximate surface area is 291 Å². The van der Waals surface area contributed by atoms with E-state index in [1.807, 2.05) is 18.2 Å². The molecule has 0 bridgehead atoms. The fraction of sp³-hybridized carbons (Fsp3) is 0.541. The number of aliphatic carboxylic acids is 3. The smallest absolute Gasteiger partial charge is 0.336 e. The topological polar surface area (TPSA) is 188 Å². The van der Waals surface area contributed by atoms with Crippen LogP contribution in [0, 0.1) is 0 Å². The van der Waals surface area contributed by atoms with E-state index in [0.717, 1.165) is 56.8 Å². The normalized spacial score (nSPS) is 20.4. The van der Waals surface area contributed by atoms with E-state index in [9.17, 15) is 24.0 Å². The van der Waals surface area contributed by atoms with Crippen molar-refractivity contribution in [2.24, 2.45) is 0 Å². The van der Waals surface area contributed by atoms with Crippen LogP contribution in [-0.2, 0) is 42.2 Å². The number of para-hydroxylation sites is 1. The van der Waals surface area contributed by atoms with E-state index in [-0.39, 0.29) is 17.9 Å². The average Bonchev–Trinajstić information content (AvgIpc) is 3.64. The summed E-state index contributed by atoms with van der Waals surface area (Å²) < 4.78 is 0. The van der Waals surface area contributed by atoms with E-state index >= 15 is 0 Å². The van der Waals surface area contributed by atoms with Gasteiger partial charge < -0.3 is 35.5 Å². The number of hydrogen-bond donors (Lipinski definition) is 5. The fourth-order valence-corrected chi connectivity index (χ4v) is 7.93. The van der Waals surface area contributed by atoms with Crippen molar-refractivity contribution in [3.05, 3.63) is 65.2 Å². The molecule has 2 aromatic rings. The summed E-state index contributed by atoms with van der Waals surface area (Å²) >= 11 is 0. The number of carboxylic acids is 3. The van der Waals surface area contributed by atoms with Gasteiger partial charge in [0.15, 0.2) is 5.60 Å². The van der Waals surface area contributed by atoms with Crippen molar-refractivity contribution in [2.45, 2.75) is 87.3 Å². The first kappa shape index (κ1) is 36.9.